The van der Waals surface area contributed by atoms with Gasteiger partial charge in [0.1, 0.15) is 0 Å². The van der Waals surface area contributed by atoms with Gasteiger partial charge in [0.25, 0.3) is 0 Å². The molecule has 5 rings (SSSR count). The number of aromatic nitrogens is 2. The van der Waals surface area contributed by atoms with E-state index in [9.17, 15) is 9.59 Å². The molecule has 0 radical (unpaired) electrons. The highest BCUT2D eigenvalue weighted by molar-refractivity contribution is 6.13. The standard InChI is InChI=1S/C33H40N4O3/c1-9-21-18(5)25-12-17(4)34-24(16(2)3)14-26-19(6)22(10-11-30(39)40-8)32(36-26)23-13-29(38)31-20(7)27(37-33(23)31)15-28(21)35-25/h12,14-15,19,22,34-37H,4,9-11,13H2,1-3,5-8H3/t19-,22-/m0/s1. The smallest absolute Gasteiger partial charge is 0.305 e. The Hall–Kier alpha value is -4.00. The van der Waals surface area contributed by atoms with Crippen LogP contribution in [0.15, 0.2) is 41.0 Å². The molecule has 2 aromatic rings. The van der Waals surface area contributed by atoms with E-state index >= 15 is 0 Å². The second-order valence-electron chi connectivity index (χ2n) is 11.4. The number of carbonyl (C=O) groups is 2. The average Bonchev–Trinajstić information content (AvgIpc) is 3.59. The number of methoxy groups -OCH3 is 1. The van der Waals surface area contributed by atoms with E-state index in [0.29, 0.717) is 19.3 Å². The summed E-state index contributed by atoms with van der Waals surface area (Å²) < 4.78 is 4.96. The van der Waals surface area contributed by atoms with Gasteiger partial charge in [-0.25, -0.2) is 0 Å². The third-order valence-electron chi connectivity index (χ3n) is 8.71. The van der Waals surface area contributed by atoms with Crippen molar-refractivity contribution in [1.82, 2.24) is 20.6 Å². The number of aromatic amines is 2. The van der Waals surface area contributed by atoms with Gasteiger partial charge in [-0.15, -0.1) is 0 Å². The van der Waals surface area contributed by atoms with Crippen LogP contribution in [0.3, 0.4) is 0 Å². The summed E-state index contributed by atoms with van der Waals surface area (Å²) in [6.45, 7) is 17.0. The number of carbonyl (C=O) groups excluding carboxylic acids is 2. The van der Waals surface area contributed by atoms with Crippen LogP contribution in [-0.4, -0.2) is 28.8 Å². The number of allylic oxidation sites excluding steroid dienone is 6. The third kappa shape index (κ3) is 4.67. The minimum atomic E-state index is -0.228. The predicted octanol–water partition coefficient (Wildman–Crippen LogP) is 4.53. The second kappa shape index (κ2) is 10.5. The number of rotatable bonds is 4. The minimum absolute atomic E-state index is 0.0406. The molecule has 0 aromatic carbocycles. The molecule has 1 fully saturated rings. The van der Waals surface area contributed by atoms with Crippen molar-refractivity contribution < 1.29 is 14.3 Å². The SMILES string of the molecule is C=C1C=c2[nH]c(c(CC)c2C)=Cc2[nH]c3c(c2C)C(=O)CC3=C2NC(=CC(=C(C)C)N1)[C@@H](C)[C@@H]2CCC(=O)OC. The lowest BCUT2D eigenvalue weighted by Gasteiger charge is -2.17. The number of esters is 1. The van der Waals surface area contributed by atoms with Crippen LogP contribution in [0, 0.1) is 25.7 Å². The fourth-order valence-corrected chi connectivity index (χ4v) is 6.36. The van der Waals surface area contributed by atoms with Crippen molar-refractivity contribution in [3.63, 3.8) is 0 Å². The molecule has 2 aromatic heterocycles. The Morgan fingerprint density at radius 3 is 2.50 bits per heavy atom. The van der Waals surface area contributed by atoms with E-state index < -0.39 is 0 Å². The summed E-state index contributed by atoms with van der Waals surface area (Å²) in [5.41, 5.74) is 11.9. The van der Waals surface area contributed by atoms with Crippen molar-refractivity contribution in [3.05, 3.63) is 85.4 Å². The van der Waals surface area contributed by atoms with Gasteiger partial charge in [0, 0.05) is 75.0 Å². The molecule has 6 bridgehead atoms. The van der Waals surface area contributed by atoms with E-state index in [4.69, 9.17) is 4.74 Å². The highest BCUT2D eigenvalue weighted by Gasteiger charge is 2.39. The number of nitrogens with one attached hydrogen (secondary N) is 4. The van der Waals surface area contributed by atoms with Crippen molar-refractivity contribution in [2.24, 2.45) is 11.8 Å². The van der Waals surface area contributed by atoms with Crippen molar-refractivity contribution >= 4 is 29.5 Å². The van der Waals surface area contributed by atoms with Crippen LogP contribution in [0.5, 0.6) is 0 Å². The first kappa shape index (κ1) is 27.6. The Labute approximate surface area is 235 Å². The lowest BCUT2D eigenvalue weighted by Crippen LogP contribution is -2.17. The number of Topliss-reactive ketones (excluding diaryl/α,β-unsaturated/α-hetero) is 1. The largest absolute Gasteiger partial charge is 0.469 e. The van der Waals surface area contributed by atoms with E-state index in [2.05, 4.69) is 80.0 Å². The fraction of sp³-hybridized carbons (Fsp3) is 0.394. The molecule has 7 nitrogen and oxygen atoms in total. The van der Waals surface area contributed by atoms with E-state index in [1.54, 1.807) is 0 Å². The van der Waals surface area contributed by atoms with Crippen molar-refractivity contribution in [1.29, 1.82) is 0 Å². The monoisotopic (exact) mass is 540 g/mol. The second-order valence-corrected chi connectivity index (χ2v) is 11.4. The number of fused-ring (bicyclic) bond motifs is 5. The van der Waals surface area contributed by atoms with Crippen molar-refractivity contribution in [2.75, 3.05) is 7.11 Å². The maximum Gasteiger partial charge on any atom is 0.305 e. The number of hydrogen-bond donors (Lipinski definition) is 4. The zero-order valence-electron chi connectivity index (χ0n) is 24.6. The molecule has 2 atom stereocenters. The van der Waals surface area contributed by atoms with Crippen LogP contribution in [0.2, 0.25) is 0 Å². The Balaban J connectivity index is 1.79. The molecular formula is C33H40N4O3. The van der Waals surface area contributed by atoms with Gasteiger partial charge in [-0.2, -0.15) is 0 Å². The zero-order chi connectivity index (χ0) is 28.9. The molecule has 0 amide bonds. The Morgan fingerprint density at radius 1 is 1.07 bits per heavy atom. The Kier molecular flexibility index (Phi) is 7.25. The fourth-order valence-electron chi connectivity index (χ4n) is 6.36. The van der Waals surface area contributed by atoms with Gasteiger partial charge in [-0.05, 0) is 75.5 Å². The number of ether oxygens (including phenoxy) is 1. The molecular weight excluding hydrogens is 500 g/mol. The lowest BCUT2D eigenvalue weighted by molar-refractivity contribution is -0.140. The number of H-pyrrole nitrogens is 2. The van der Waals surface area contributed by atoms with Crippen molar-refractivity contribution in [3.8, 4) is 0 Å². The van der Waals surface area contributed by atoms with Gasteiger partial charge in [0.05, 0.1) is 12.8 Å². The molecule has 40 heavy (non-hydrogen) atoms. The highest BCUT2D eigenvalue weighted by atomic mass is 16.5. The number of hydrogen-bond acceptors (Lipinski definition) is 5. The van der Waals surface area contributed by atoms with Gasteiger partial charge < -0.3 is 25.3 Å². The van der Waals surface area contributed by atoms with Gasteiger partial charge >= 0.3 is 5.97 Å². The molecule has 1 aliphatic carbocycles. The topological polar surface area (TPSA) is 99.0 Å². The molecule has 0 unspecified atom stereocenters. The predicted molar refractivity (Wildman–Crippen MR) is 159 cm³/mol. The summed E-state index contributed by atoms with van der Waals surface area (Å²) in [6.07, 6.45) is 8.48. The molecule has 4 N–H and O–H groups in total. The van der Waals surface area contributed by atoms with Crippen LogP contribution in [-0.2, 0) is 16.0 Å². The molecule has 1 saturated heterocycles. The summed E-state index contributed by atoms with van der Waals surface area (Å²) in [5, 5.41) is 9.27. The summed E-state index contributed by atoms with van der Waals surface area (Å²) in [6, 6.07) is 0. The quantitative estimate of drug-likeness (QED) is 0.427. The van der Waals surface area contributed by atoms with Crippen LogP contribution >= 0.6 is 0 Å². The zero-order valence-corrected chi connectivity index (χ0v) is 24.6. The average molecular weight is 541 g/mol. The molecule has 0 spiro atoms. The van der Waals surface area contributed by atoms with Crippen molar-refractivity contribution in [2.45, 2.75) is 67.2 Å². The maximum atomic E-state index is 13.4. The highest BCUT2D eigenvalue weighted by Crippen LogP contribution is 2.45. The molecule has 7 heteroatoms. The minimum Gasteiger partial charge on any atom is -0.469 e. The lowest BCUT2D eigenvalue weighted by atomic mass is 9.86. The van der Waals surface area contributed by atoms with Gasteiger partial charge in [-0.1, -0.05) is 26.0 Å². The van der Waals surface area contributed by atoms with Crippen LogP contribution < -0.4 is 21.3 Å². The Bertz CT molecular complexity index is 1650. The summed E-state index contributed by atoms with van der Waals surface area (Å²) in [5.74, 6) is 0.0473. The van der Waals surface area contributed by atoms with Gasteiger partial charge in [-0.3, -0.25) is 9.59 Å². The van der Waals surface area contributed by atoms with Crippen LogP contribution in [0.1, 0.15) is 85.4 Å². The van der Waals surface area contributed by atoms with Crippen LogP contribution in [0.25, 0.3) is 17.7 Å². The van der Waals surface area contributed by atoms with Gasteiger partial charge in [0.15, 0.2) is 5.78 Å². The maximum absolute atomic E-state index is 13.4. The summed E-state index contributed by atoms with van der Waals surface area (Å²) >= 11 is 0. The molecule has 4 heterocycles. The first-order valence-electron chi connectivity index (χ1n) is 14.1. The summed E-state index contributed by atoms with van der Waals surface area (Å²) in [7, 11) is 1.42. The van der Waals surface area contributed by atoms with E-state index in [1.807, 2.05) is 6.92 Å². The molecule has 210 valence electrons. The van der Waals surface area contributed by atoms with E-state index in [1.165, 1.54) is 18.2 Å². The van der Waals surface area contributed by atoms with E-state index in [-0.39, 0.29) is 23.6 Å². The normalized spacial score (nSPS) is 20.1. The van der Waals surface area contributed by atoms with Crippen LogP contribution in [0.4, 0.5) is 0 Å². The third-order valence-corrected chi connectivity index (χ3v) is 8.71. The number of ketones is 1. The van der Waals surface area contributed by atoms with E-state index in [0.717, 1.165) is 73.6 Å². The molecule has 0 saturated carbocycles. The Morgan fingerprint density at radius 2 is 1.82 bits per heavy atom. The van der Waals surface area contributed by atoms with Gasteiger partial charge in [0.2, 0.25) is 0 Å². The first-order chi connectivity index (χ1) is 19.0. The molecule has 3 aliphatic rings. The summed E-state index contributed by atoms with van der Waals surface area (Å²) in [4.78, 5) is 32.8. The first-order valence-corrected chi connectivity index (χ1v) is 14.1. The molecule has 2 aliphatic heterocycles.